The summed E-state index contributed by atoms with van der Waals surface area (Å²) in [6.45, 7) is 3.36. The highest BCUT2D eigenvalue weighted by atomic mass is 16.6. The first kappa shape index (κ1) is 17.2. The highest BCUT2D eigenvalue weighted by Gasteiger charge is 2.32. The van der Waals surface area contributed by atoms with Gasteiger partial charge in [-0.1, -0.05) is 18.2 Å². The molecule has 1 atom stereocenters. The van der Waals surface area contributed by atoms with Crippen LogP contribution in [0.15, 0.2) is 42.5 Å². The van der Waals surface area contributed by atoms with Crippen molar-refractivity contribution in [3.63, 3.8) is 0 Å². The van der Waals surface area contributed by atoms with Crippen LogP contribution in [-0.4, -0.2) is 37.7 Å². The van der Waals surface area contributed by atoms with Crippen LogP contribution in [0.5, 0.6) is 11.5 Å². The summed E-state index contributed by atoms with van der Waals surface area (Å²) in [6, 6.07) is 12.4. The van der Waals surface area contributed by atoms with E-state index >= 15 is 0 Å². The standard InChI is InChI=1S/C20H21N3O4/c1-13-4-2-3-5-16(13)22-20(25)21-14-10-19(24)23(12-14)15-6-7-17-18(11-15)27-9-8-26-17/h2-7,11,14H,8-10,12H2,1H3,(H2,21,22,25)/t14-/m1/s1. The Morgan fingerprint density at radius 2 is 1.89 bits per heavy atom. The van der Waals surface area contributed by atoms with Gasteiger partial charge in [0.15, 0.2) is 11.5 Å². The molecule has 2 aromatic rings. The van der Waals surface area contributed by atoms with Gasteiger partial charge in [0, 0.05) is 30.4 Å². The highest BCUT2D eigenvalue weighted by Crippen LogP contribution is 2.35. The zero-order valence-electron chi connectivity index (χ0n) is 15.0. The van der Waals surface area contributed by atoms with Crippen LogP contribution >= 0.6 is 0 Å². The third kappa shape index (κ3) is 3.67. The number of hydrogen-bond acceptors (Lipinski definition) is 4. The van der Waals surface area contributed by atoms with Crippen molar-refractivity contribution in [1.29, 1.82) is 0 Å². The minimum absolute atomic E-state index is 0.0344. The Morgan fingerprint density at radius 3 is 2.70 bits per heavy atom. The Morgan fingerprint density at radius 1 is 1.11 bits per heavy atom. The number of hydrogen-bond donors (Lipinski definition) is 2. The number of aryl methyl sites for hydroxylation is 1. The number of carbonyl (C=O) groups excluding carboxylic acids is 2. The molecule has 4 rings (SSSR count). The summed E-state index contributed by atoms with van der Waals surface area (Å²) >= 11 is 0. The van der Waals surface area contributed by atoms with E-state index in [0.29, 0.717) is 31.3 Å². The number of ether oxygens (including phenoxy) is 2. The maximum atomic E-state index is 12.4. The zero-order chi connectivity index (χ0) is 18.8. The Kier molecular flexibility index (Phi) is 4.58. The normalized spacial score (nSPS) is 18.3. The van der Waals surface area contributed by atoms with E-state index < -0.39 is 0 Å². The Balaban J connectivity index is 1.40. The largest absolute Gasteiger partial charge is 0.486 e. The van der Waals surface area contributed by atoms with Gasteiger partial charge >= 0.3 is 6.03 Å². The predicted molar refractivity (Wildman–Crippen MR) is 102 cm³/mol. The van der Waals surface area contributed by atoms with Gasteiger partial charge in [-0.3, -0.25) is 4.79 Å². The number of anilines is 2. The van der Waals surface area contributed by atoms with E-state index in [1.807, 2.05) is 49.4 Å². The highest BCUT2D eigenvalue weighted by molar-refractivity contribution is 5.98. The smallest absolute Gasteiger partial charge is 0.319 e. The SMILES string of the molecule is Cc1ccccc1NC(=O)N[C@@H]1CC(=O)N(c2ccc3c(c2)OCCO3)C1. The number of benzene rings is 2. The van der Waals surface area contributed by atoms with E-state index in [4.69, 9.17) is 9.47 Å². The van der Waals surface area contributed by atoms with Crippen molar-refractivity contribution in [2.75, 3.05) is 30.0 Å². The predicted octanol–water partition coefficient (Wildman–Crippen LogP) is 2.69. The van der Waals surface area contributed by atoms with Crippen LogP contribution in [0, 0.1) is 6.92 Å². The molecule has 2 aliphatic heterocycles. The lowest BCUT2D eigenvalue weighted by Gasteiger charge is -2.22. The summed E-state index contributed by atoms with van der Waals surface area (Å²) < 4.78 is 11.1. The van der Waals surface area contributed by atoms with Gasteiger partial charge < -0.3 is 25.0 Å². The maximum Gasteiger partial charge on any atom is 0.319 e. The second-order valence-electron chi connectivity index (χ2n) is 6.65. The topological polar surface area (TPSA) is 79.9 Å². The fourth-order valence-corrected chi connectivity index (χ4v) is 3.31. The minimum Gasteiger partial charge on any atom is -0.486 e. The van der Waals surface area contributed by atoms with Crippen molar-refractivity contribution < 1.29 is 19.1 Å². The summed E-state index contributed by atoms with van der Waals surface area (Å²) in [5.74, 6) is 1.29. The van der Waals surface area contributed by atoms with Gasteiger partial charge in [-0.15, -0.1) is 0 Å². The number of rotatable bonds is 3. The van der Waals surface area contributed by atoms with E-state index in [1.54, 1.807) is 4.90 Å². The molecule has 7 nitrogen and oxygen atoms in total. The summed E-state index contributed by atoms with van der Waals surface area (Å²) in [6.07, 6.45) is 0.260. The first-order valence-corrected chi connectivity index (χ1v) is 8.93. The van der Waals surface area contributed by atoms with Crippen LogP contribution in [0.2, 0.25) is 0 Å². The van der Waals surface area contributed by atoms with Crippen LogP contribution in [0.1, 0.15) is 12.0 Å². The lowest BCUT2D eigenvalue weighted by atomic mass is 10.2. The molecule has 1 fully saturated rings. The Labute approximate surface area is 157 Å². The average molecular weight is 367 g/mol. The van der Waals surface area contributed by atoms with Crippen LogP contribution < -0.4 is 25.0 Å². The van der Waals surface area contributed by atoms with Gasteiger partial charge in [0.05, 0.1) is 6.04 Å². The van der Waals surface area contributed by atoms with Crippen LogP contribution in [0.4, 0.5) is 16.2 Å². The number of carbonyl (C=O) groups is 2. The van der Waals surface area contributed by atoms with Crippen LogP contribution in [-0.2, 0) is 4.79 Å². The summed E-state index contributed by atoms with van der Waals surface area (Å²) in [7, 11) is 0. The van der Waals surface area contributed by atoms with Crippen LogP contribution in [0.25, 0.3) is 0 Å². The molecule has 1 saturated heterocycles. The number of urea groups is 1. The first-order chi connectivity index (χ1) is 13.1. The second-order valence-corrected chi connectivity index (χ2v) is 6.65. The average Bonchev–Trinajstić information content (AvgIpc) is 3.03. The van der Waals surface area contributed by atoms with Crippen molar-refractivity contribution in [3.8, 4) is 11.5 Å². The molecule has 2 aromatic carbocycles. The molecule has 140 valence electrons. The summed E-state index contributed by atoms with van der Waals surface area (Å²) in [4.78, 5) is 26.4. The number of fused-ring (bicyclic) bond motifs is 1. The molecule has 0 spiro atoms. The quantitative estimate of drug-likeness (QED) is 0.874. The summed E-state index contributed by atoms with van der Waals surface area (Å²) in [5, 5.41) is 5.71. The zero-order valence-corrected chi connectivity index (χ0v) is 15.0. The minimum atomic E-state index is -0.314. The van der Waals surface area contributed by atoms with E-state index in [1.165, 1.54) is 0 Å². The Hall–Kier alpha value is -3.22. The fourth-order valence-electron chi connectivity index (χ4n) is 3.31. The fraction of sp³-hybridized carbons (Fsp3) is 0.300. The van der Waals surface area contributed by atoms with Gasteiger partial charge in [0.1, 0.15) is 13.2 Å². The molecule has 2 N–H and O–H groups in total. The molecule has 2 heterocycles. The molecule has 0 saturated carbocycles. The molecule has 0 bridgehead atoms. The van der Waals surface area contributed by atoms with E-state index in [-0.39, 0.29) is 24.4 Å². The molecule has 2 aliphatic rings. The van der Waals surface area contributed by atoms with Gasteiger partial charge in [-0.2, -0.15) is 0 Å². The van der Waals surface area contributed by atoms with Crippen molar-refractivity contribution in [3.05, 3.63) is 48.0 Å². The van der Waals surface area contributed by atoms with Crippen molar-refractivity contribution in [2.24, 2.45) is 0 Å². The number of nitrogens with one attached hydrogen (secondary N) is 2. The summed E-state index contributed by atoms with van der Waals surface area (Å²) in [5.41, 5.74) is 2.48. The molecule has 27 heavy (non-hydrogen) atoms. The second kappa shape index (κ2) is 7.19. The molecule has 0 unspecified atom stereocenters. The molecule has 7 heteroatoms. The third-order valence-electron chi connectivity index (χ3n) is 4.69. The van der Waals surface area contributed by atoms with E-state index in [0.717, 1.165) is 16.9 Å². The Bertz CT molecular complexity index is 883. The van der Waals surface area contributed by atoms with Crippen molar-refractivity contribution >= 4 is 23.3 Å². The molecule has 0 radical (unpaired) electrons. The van der Waals surface area contributed by atoms with Gasteiger partial charge in [0.25, 0.3) is 0 Å². The molecular formula is C20H21N3O4. The van der Waals surface area contributed by atoms with Crippen LogP contribution in [0.3, 0.4) is 0 Å². The molecule has 0 aliphatic carbocycles. The maximum absolute atomic E-state index is 12.4. The molecular weight excluding hydrogens is 346 g/mol. The van der Waals surface area contributed by atoms with Gasteiger partial charge in [-0.05, 0) is 30.7 Å². The number of amides is 3. The third-order valence-corrected chi connectivity index (χ3v) is 4.69. The van der Waals surface area contributed by atoms with Gasteiger partial charge in [0.2, 0.25) is 5.91 Å². The number of nitrogens with zero attached hydrogens (tertiary/aromatic N) is 1. The first-order valence-electron chi connectivity index (χ1n) is 8.93. The van der Waals surface area contributed by atoms with Crippen molar-refractivity contribution in [1.82, 2.24) is 5.32 Å². The van der Waals surface area contributed by atoms with E-state index in [2.05, 4.69) is 10.6 Å². The lowest BCUT2D eigenvalue weighted by molar-refractivity contribution is -0.117. The monoisotopic (exact) mass is 367 g/mol. The van der Waals surface area contributed by atoms with Gasteiger partial charge in [-0.25, -0.2) is 4.79 Å². The van der Waals surface area contributed by atoms with E-state index in [9.17, 15) is 9.59 Å². The molecule has 3 amide bonds. The lowest BCUT2D eigenvalue weighted by Crippen LogP contribution is -2.39. The number of para-hydroxylation sites is 1. The van der Waals surface area contributed by atoms with Crippen molar-refractivity contribution in [2.45, 2.75) is 19.4 Å². The molecule has 0 aromatic heterocycles.